The van der Waals surface area contributed by atoms with Crippen LogP contribution in [0.25, 0.3) is 0 Å². The van der Waals surface area contributed by atoms with Crippen LogP contribution >= 0.6 is 0 Å². The first kappa shape index (κ1) is 21.7. The number of unbranched alkanes of at least 4 members (excludes halogenated alkanes) is 2. The molecule has 0 aliphatic rings. The highest BCUT2D eigenvalue weighted by molar-refractivity contribution is 5.79. The molecule has 0 aliphatic heterocycles. The summed E-state index contributed by atoms with van der Waals surface area (Å²) in [6.45, 7) is 0.685. The molecule has 0 fully saturated rings. The highest BCUT2D eigenvalue weighted by Crippen LogP contribution is 2.20. The van der Waals surface area contributed by atoms with Gasteiger partial charge in [0, 0.05) is 25.1 Å². The first-order valence-corrected chi connectivity index (χ1v) is 8.68. The van der Waals surface area contributed by atoms with E-state index in [-0.39, 0.29) is 18.3 Å². The van der Waals surface area contributed by atoms with Crippen LogP contribution in [0.15, 0.2) is 29.3 Å². The third-order valence-electron chi connectivity index (χ3n) is 3.52. The third kappa shape index (κ3) is 9.19. The van der Waals surface area contributed by atoms with Crippen molar-refractivity contribution in [2.45, 2.75) is 45.8 Å². The van der Waals surface area contributed by atoms with Crippen LogP contribution in [-0.2, 0) is 16.1 Å². The number of carbonyl (C=O) groups excluding carboxylic acids is 1. The van der Waals surface area contributed by atoms with Gasteiger partial charge in [-0.2, -0.15) is 8.78 Å². The molecule has 1 rings (SSSR count). The highest BCUT2D eigenvalue weighted by atomic mass is 19.3. The number of methoxy groups -OCH3 is 1. The predicted molar refractivity (Wildman–Crippen MR) is 96.4 cm³/mol. The fraction of sp³-hybridized carbons (Fsp3) is 0.556. The number of para-hydroxylation sites is 1. The number of benzene rings is 1. The lowest BCUT2D eigenvalue weighted by atomic mass is 10.2. The number of rotatable bonds is 11. The van der Waals surface area contributed by atoms with E-state index in [1.165, 1.54) is 13.2 Å². The molecule has 0 heterocycles. The Morgan fingerprint density at radius 3 is 2.65 bits per heavy atom. The van der Waals surface area contributed by atoms with E-state index in [2.05, 4.69) is 25.1 Å². The van der Waals surface area contributed by atoms with Crippen LogP contribution < -0.4 is 15.4 Å². The molecule has 8 heteroatoms. The Kier molecular flexibility index (Phi) is 10.8. The van der Waals surface area contributed by atoms with E-state index in [0.717, 1.165) is 19.3 Å². The highest BCUT2D eigenvalue weighted by Gasteiger charge is 2.09. The summed E-state index contributed by atoms with van der Waals surface area (Å²) in [6, 6.07) is 6.60. The van der Waals surface area contributed by atoms with Crippen molar-refractivity contribution in [3.8, 4) is 5.75 Å². The van der Waals surface area contributed by atoms with Gasteiger partial charge < -0.3 is 20.1 Å². The monoisotopic (exact) mass is 371 g/mol. The number of aliphatic imine (C=N–C) groups is 1. The molecule has 0 amide bonds. The van der Waals surface area contributed by atoms with Gasteiger partial charge in [-0.3, -0.25) is 4.79 Å². The number of guanidine groups is 1. The lowest BCUT2D eigenvalue weighted by Crippen LogP contribution is -2.37. The van der Waals surface area contributed by atoms with Gasteiger partial charge in [-0.25, -0.2) is 4.99 Å². The Morgan fingerprint density at radius 2 is 1.96 bits per heavy atom. The van der Waals surface area contributed by atoms with E-state index < -0.39 is 6.61 Å². The Labute approximate surface area is 153 Å². The average molecular weight is 371 g/mol. The van der Waals surface area contributed by atoms with Crippen LogP contribution in [0.4, 0.5) is 8.78 Å². The lowest BCUT2D eigenvalue weighted by Gasteiger charge is -2.12. The van der Waals surface area contributed by atoms with E-state index in [1.807, 2.05) is 6.92 Å². The SMILES string of the molecule is CCNC(=NCc1ccccc1OC(F)F)NCCCCCC(=O)OC. The molecule has 1 aromatic rings. The van der Waals surface area contributed by atoms with Crippen LogP contribution in [0.3, 0.4) is 0 Å². The van der Waals surface area contributed by atoms with Crippen molar-refractivity contribution >= 4 is 11.9 Å². The fourth-order valence-electron chi connectivity index (χ4n) is 2.23. The molecule has 6 nitrogen and oxygen atoms in total. The van der Waals surface area contributed by atoms with Crippen LogP contribution in [0, 0.1) is 0 Å². The topological polar surface area (TPSA) is 72.0 Å². The van der Waals surface area contributed by atoms with Gasteiger partial charge in [0.05, 0.1) is 13.7 Å². The predicted octanol–water partition coefficient (Wildman–Crippen LogP) is 3.08. The molecule has 0 saturated carbocycles. The maximum absolute atomic E-state index is 12.4. The molecule has 0 aromatic heterocycles. The number of hydrogen-bond donors (Lipinski definition) is 2. The minimum atomic E-state index is -2.86. The maximum atomic E-state index is 12.4. The molecule has 0 radical (unpaired) electrons. The first-order chi connectivity index (χ1) is 12.6. The Morgan fingerprint density at radius 1 is 1.19 bits per heavy atom. The summed E-state index contributed by atoms with van der Waals surface area (Å²) < 4.78 is 34.0. The number of ether oxygens (including phenoxy) is 2. The third-order valence-corrected chi connectivity index (χ3v) is 3.52. The summed E-state index contributed by atoms with van der Waals surface area (Å²) in [4.78, 5) is 15.4. The molecule has 0 spiro atoms. The zero-order valence-corrected chi connectivity index (χ0v) is 15.3. The van der Waals surface area contributed by atoms with Gasteiger partial charge >= 0.3 is 12.6 Å². The summed E-state index contributed by atoms with van der Waals surface area (Å²) in [5.74, 6) is 0.537. The van der Waals surface area contributed by atoms with Crippen molar-refractivity contribution in [2.24, 2.45) is 4.99 Å². The van der Waals surface area contributed by atoms with Crippen LogP contribution in [0.2, 0.25) is 0 Å². The summed E-state index contributed by atoms with van der Waals surface area (Å²) >= 11 is 0. The number of alkyl halides is 2. The molecule has 0 unspecified atom stereocenters. The van der Waals surface area contributed by atoms with Crippen LogP contribution in [0.1, 0.15) is 38.2 Å². The van der Waals surface area contributed by atoms with Gasteiger partial charge in [-0.15, -0.1) is 0 Å². The summed E-state index contributed by atoms with van der Waals surface area (Å²) in [6.07, 6.45) is 2.98. The first-order valence-electron chi connectivity index (χ1n) is 8.68. The van der Waals surface area contributed by atoms with E-state index in [9.17, 15) is 13.6 Å². The summed E-state index contributed by atoms with van der Waals surface area (Å²) in [7, 11) is 1.38. The number of nitrogens with one attached hydrogen (secondary N) is 2. The molecule has 146 valence electrons. The van der Waals surface area contributed by atoms with Crippen molar-refractivity contribution in [1.29, 1.82) is 0 Å². The molecule has 0 bridgehead atoms. The van der Waals surface area contributed by atoms with Crippen molar-refractivity contribution in [3.63, 3.8) is 0 Å². The minimum Gasteiger partial charge on any atom is -0.469 e. The smallest absolute Gasteiger partial charge is 0.387 e. The van der Waals surface area contributed by atoms with Crippen LogP contribution in [0.5, 0.6) is 5.75 Å². The number of esters is 1. The molecule has 0 aliphatic carbocycles. The second kappa shape index (κ2) is 12.9. The molecule has 0 atom stereocenters. The van der Waals surface area contributed by atoms with E-state index >= 15 is 0 Å². The molecule has 2 N–H and O–H groups in total. The molecular weight excluding hydrogens is 344 g/mol. The lowest BCUT2D eigenvalue weighted by molar-refractivity contribution is -0.140. The molecular formula is C18H27F2N3O3. The van der Waals surface area contributed by atoms with Gasteiger partial charge in [0.25, 0.3) is 0 Å². The zero-order valence-electron chi connectivity index (χ0n) is 15.3. The summed E-state index contributed by atoms with van der Waals surface area (Å²) in [5, 5.41) is 6.29. The number of halogens is 2. The zero-order chi connectivity index (χ0) is 19.2. The van der Waals surface area contributed by atoms with Crippen LogP contribution in [-0.4, -0.2) is 38.7 Å². The van der Waals surface area contributed by atoms with Crippen molar-refractivity contribution < 1.29 is 23.0 Å². The van der Waals surface area contributed by atoms with Gasteiger partial charge in [-0.05, 0) is 25.8 Å². The molecule has 26 heavy (non-hydrogen) atoms. The normalized spacial score (nSPS) is 11.3. The van der Waals surface area contributed by atoms with E-state index in [1.54, 1.807) is 18.2 Å². The number of carbonyl (C=O) groups is 1. The minimum absolute atomic E-state index is 0.130. The van der Waals surface area contributed by atoms with Gasteiger partial charge in [0.1, 0.15) is 5.75 Å². The Bertz CT molecular complexity index is 568. The Balaban J connectivity index is 2.47. The average Bonchev–Trinajstić information content (AvgIpc) is 2.62. The van der Waals surface area contributed by atoms with Crippen molar-refractivity contribution in [2.75, 3.05) is 20.2 Å². The second-order valence-electron chi connectivity index (χ2n) is 5.49. The van der Waals surface area contributed by atoms with E-state index in [4.69, 9.17) is 0 Å². The maximum Gasteiger partial charge on any atom is 0.387 e. The number of hydrogen-bond acceptors (Lipinski definition) is 4. The fourth-order valence-corrected chi connectivity index (χ4v) is 2.23. The number of nitrogens with zero attached hydrogens (tertiary/aromatic N) is 1. The Hall–Kier alpha value is -2.38. The van der Waals surface area contributed by atoms with E-state index in [0.29, 0.717) is 31.0 Å². The molecule has 0 saturated heterocycles. The largest absolute Gasteiger partial charge is 0.469 e. The van der Waals surface area contributed by atoms with Crippen molar-refractivity contribution in [1.82, 2.24) is 10.6 Å². The summed E-state index contributed by atoms with van der Waals surface area (Å²) in [5.41, 5.74) is 0.586. The van der Waals surface area contributed by atoms with Gasteiger partial charge in [0.15, 0.2) is 5.96 Å². The standard InChI is InChI=1S/C18H27F2N3O3/c1-3-21-18(22-12-8-4-5-11-16(24)25-2)23-13-14-9-6-7-10-15(14)26-17(19)20/h6-7,9-10,17H,3-5,8,11-13H2,1-2H3,(H2,21,22,23). The molecule has 1 aromatic carbocycles. The van der Waals surface area contributed by atoms with Gasteiger partial charge in [-0.1, -0.05) is 24.6 Å². The quantitative estimate of drug-likeness (QED) is 0.271. The second-order valence-corrected chi connectivity index (χ2v) is 5.49. The van der Waals surface area contributed by atoms with Gasteiger partial charge in [0.2, 0.25) is 0 Å². The van der Waals surface area contributed by atoms with Crippen molar-refractivity contribution in [3.05, 3.63) is 29.8 Å².